The lowest BCUT2D eigenvalue weighted by atomic mass is 10.2. The number of aromatic amines is 1. The Hall–Kier alpha value is -1.83. The Bertz CT molecular complexity index is 934. The third-order valence-electron chi connectivity index (χ3n) is 3.47. The normalized spacial score (nSPS) is 11.7. The Morgan fingerprint density at radius 2 is 1.87 bits per heavy atom. The van der Waals surface area contributed by atoms with Gasteiger partial charge in [0.15, 0.2) is 0 Å². The first-order valence-electron chi connectivity index (χ1n) is 6.89. The van der Waals surface area contributed by atoms with Gasteiger partial charge in [-0.25, -0.2) is 13.1 Å². The van der Waals surface area contributed by atoms with Crippen LogP contribution in [0.5, 0.6) is 5.75 Å². The first kappa shape index (κ1) is 16.0. The summed E-state index contributed by atoms with van der Waals surface area (Å²) in [4.78, 5) is 2.93. The van der Waals surface area contributed by atoms with Crippen LogP contribution in [0.25, 0.3) is 10.9 Å². The van der Waals surface area contributed by atoms with Gasteiger partial charge in [0.25, 0.3) is 10.0 Å². The quantitative estimate of drug-likeness (QED) is 0.696. The minimum atomic E-state index is -3.60. The van der Waals surface area contributed by atoms with Gasteiger partial charge < -0.3 is 9.72 Å². The molecule has 0 bridgehead atoms. The third-order valence-corrected chi connectivity index (χ3v) is 5.29. The number of halogens is 1. The summed E-state index contributed by atoms with van der Waals surface area (Å²) in [5.74, 6) is 0.734. The summed E-state index contributed by atoms with van der Waals surface area (Å²) in [7, 11) is -2.01. The van der Waals surface area contributed by atoms with Crippen molar-refractivity contribution in [1.82, 2.24) is 9.71 Å². The molecular formula is C16H15BrN2O3S. The van der Waals surface area contributed by atoms with Crippen LogP contribution in [0.15, 0.2) is 58.0 Å². The van der Waals surface area contributed by atoms with Crippen molar-refractivity contribution in [3.63, 3.8) is 0 Å². The van der Waals surface area contributed by atoms with Gasteiger partial charge >= 0.3 is 0 Å². The molecule has 23 heavy (non-hydrogen) atoms. The summed E-state index contributed by atoms with van der Waals surface area (Å²) in [6, 6.07) is 14.4. The second-order valence-corrected chi connectivity index (χ2v) is 7.69. The highest BCUT2D eigenvalue weighted by atomic mass is 79.9. The maximum absolute atomic E-state index is 12.4. The molecule has 0 spiro atoms. The van der Waals surface area contributed by atoms with Crippen LogP contribution in [0, 0.1) is 0 Å². The summed E-state index contributed by atoms with van der Waals surface area (Å²) in [5.41, 5.74) is 1.63. The highest BCUT2D eigenvalue weighted by Gasteiger charge is 2.16. The Morgan fingerprint density at radius 1 is 1.13 bits per heavy atom. The summed E-state index contributed by atoms with van der Waals surface area (Å²) in [6.07, 6.45) is 0. The zero-order valence-electron chi connectivity index (χ0n) is 12.3. The van der Waals surface area contributed by atoms with Crippen molar-refractivity contribution in [2.45, 2.75) is 11.6 Å². The van der Waals surface area contributed by atoms with Crippen LogP contribution in [0.1, 0.15) is 5.56 Å². The van der Waals surface area contributed by atoms with E-state index in [0.717, 1.165) is 26.7 Å². The van der Waals surface area contributed by atoms with Gasteiger partial charge in [0.1, 0.15) is 10.8 Å². The summed E-state index contributed by atoms with van der Waals surface area (Å²) in [5, 5.41) is 0.989. The van der Waals surface area contributed by atoms with E-state index in [-0.39, 0.29) is 11.6 Å². The Kier molecular flexibility index (Phi) is 4.43. The van der Waals surface area contributed by atoms with E-state index in [2.05, 4.69) is 25.6 Å². The minimum Gasteiger partial charge on any atom is -0.497 e. The molecule has 5 nitrogen and oxygen atoms in total. The number of nitrogens with one attached hydrogen (secondary N) is 2. The van der Waals surface area contributed by atoms with Crippen LogP contribution < -0.4 is 9.46 Å². The van der Waals surface area contributed by atoms with Crippen molar-refractivity contribution < 1.29 is 13.2 Å². The molecule has 1 aromatic heterocycles. The zero-order chi connectivity index (χ0) is 16.4. The SMILES string of the molecule is COc1ccc(CNS(=O)(=O)c2cc3cc(Br)ccc3[nH]2)cc1. The van der Waals surface area contributed by atoms with Crippen molar-refractivity contribution in [1.29, 1.82) is 0 Å². The number of benzene rings is 2. The standard InChI is InChI=1S/C16H15BrN2O3S/c1-22-14-5-2-11(3-6-14)10-18-23(20,21)16-9-12-8-13(17)4-7-15(12)19-16/h2-9,18-19H,10H2,1H3. The van der Waals surface area contributed by atoms with Crippen molar-refractivity contribution in [3.05, 3.63) is 58.6 Å². The summed E-state index contributed by atoms with van der Waals surface area (Å²) < 4.78 is 33.4. The van der Waals surface area contributed by atoms with E-state index in [1.165, 1.54) is 0 Å². The molecule has 0 atom stereocenters. The number of fused-ring (bicyclic) bond motifs is 1. The van der Waals surface area contributed by atoms with Gasteiger partial charge in [0.2, 0.25) is 0 Å². The van der Waals surface area contributed by atoms with Crippen LogP contribution in [0.3, 0.4) is 0 Å². The molecule has 0 amide bonds. The Balaban J connectivity index is 1.79. The molecule has 3 aromatic rings. The molecule has 2 aromatic carbocycles. The smallest absolute Gasteiger partial charge is 0.256 e. The fraction of sp³-hybridized carbons (Fsp3) is 0.125. The lowest BCUT2D eigenvalue weighted by Crippen LogP contribution is -2.23. The highest BCUT2D eigenvalue weighted by molar-refractivity contribution is 9.10. The molecule has 7 heteroatoms. The number of hydrogen-bond acceptors (Lipinski definition) is 3. The lowest BCUT2D eigenvalue weighted by Gasteiger charge is -2.06. The molecule has 0 saturated heterocycles. The highest BCUT2D eigenvalue weighted by Crippen LogP contribution is 2.22. The molecule has 0 aliphatic carbocycles. The third kappa shape index (κ3) is 3.57. The number of hydrogen-bond donors (Lipinski definition) is 2. The maximum Gasteiger partial charge on any atom is 0.256 e. The lowest BCUT2D eigenvalue weighted by molar-refractivity contribution is 0.414. The van der Waals surface area contributed by atoms with E-state index in [9.17, 15) is 8.42 Å². The monoisotopic (exact) mass is 394 g/mol. The van der Waals surface area contributed by atoms with Crippen LogP contribution in [0.4, 0.5) is 0 Å². The average Bonchev–Trinajstić information content (AvgIpc) is 2.97. The van der Waals surface area contributed by atoms with Crippen LogP contribution in [-0.4, -0.2) is 20.5 Å². The molecule has 3 rings (SSSR count). The van der Waals surface area contributed by atoms with Crippen molar-refractivity contribution in [3.8, 4) is 5.75 Å². The number of rotatable bonds is 5. The molecule has 0 unspecified atom stereocenters. The predicted octanol–water partition coefficient (Wildman–Crippen LogP) is 3.42. The van der Waals surface area contributed by atoms with Crippen molar-refractivity contribution >= 4 is 36.9 Å². The number of aromatic nitrogens is 1. The maximum atomic E-state index is 12.4. The van der Waals surface area contributed by atoms with E-state index in [0.29, 0.717) is 0 Å². The molecule has 1 heterocycles. The number of ether oxygens (including phenoxy) is 1. The molecule has 0 saturated carbocycles. The van der Waals surface area contributed by atoms with Gasteiger partial charge in [0.05, 0.1) is 7.11 Å². The van der Waals surface area contributed by atoms with Gasteiger partial charge in [-0.3, -0.25) is 0 Å². The first-order chi connectivity index (χ1) is 11.0. The number of H-pyrrole nitrogens is 1. The van der Waals surface area contributed by atoms with E-state index in [1.54, 1.807) is 25.3 Å². The van der Waals surface area contributed by atoms with Gasteiger partial charge in [-0.05, 0) is 42.0 Å². The van der Waals surface area contributed by atoms with E-state index >= 15 is 0 Å². The van der Waals surface area contributed by atoms with Gasteiger partial charge in [-0.1, -0.05) is 28.1 Å². The summed E-state index contributed by atoms with van der Waals surface area (Å²) in [6.45, 7) is 0.214. The van der Waals surface area contributed by atoms with Crippen molar-refractivity contribution in [2.75, 3.05) is 7.11 Å². The van der Waals surface area contributed by atoms with Crippen molar-refractivity contribution in [2.24, 2.45) is 0 Å². The van der Waals surface area contributed by atoms with Gasteiger partial charge in [-0.2, -0.15) is 0 Å². The largest absolute Gasteiger partial charge is 0.497 e. The zero-order valence-corrected chi connectivity index (χ0v) is 14.7. The molecule has 2 N–H and O–H groups in total. The number of sulfonamides is 1. The fourth-order valence-electron chi connectivity index (χ4n) is 2.22. The van der Waals surface area contributed by atoms with E-state index in [1.807, 2.05) is 30.3 Å². The van der Waals surface area contributed by atoms with Crippen LogP contribution in [0.2, 0.25) is 0 Å². The van der Waals surface area contributed by atoms with E-state index in [4.69, 9.17) is 4.74 Å². The van der Waals surface area contributed by atoms with Gasteiger partial charge in [0, 0.05) is 21.9 Å². The second-order valence-electron chi connectivity index (χ2n) is 5.04. The molecule has 0 aliphatic heterocycles. The van der Waals surface area contributed by atoms with Gasteiger partial charge in [-0.15, -0.1) is 0 Å². The molecule has 0 fully saturated rings. The molecular weight excluding hydrogens is 380 g/mol. The molecule has 120 valence electrons. The molecule has 0 aliphatic rings. The Labute approximate surface area is 142 Å². The fourth-order valence-corrected chi connectivity index (χ4v) is 3.64. The Morgan fingerprint density at radius 3 is 2.57 bits per heavy atom. The minimum absolute atomic E-state index is 0.152. The average molecular weight is 395 g/mol. The first-order valence-corrected chi connectivity index (χ1v) is 9.16. The van der Waals surface area contributed by atoms with E-state index < -0.39 is 10.0 Å². The summed E-state index contributed by atoms with van der Waals surface area (Å²) >= 11 is 3.38. The van der Waals surface area contributed by atoms with Crippen LogP contribution >= 0.6 is 15.9 Å². The number of methoxy groups -OCH3 is 1. The van der Waals surface area contributed by atoms with Crippen LogP contribution in [-0.2, 0) is 16.6 Å². The molecule has 0 radical (unpaired) electrons. The topological polar surface area (TPSA) is 71.2 Å². The second kappa shape index (κ2) is 6.35. The predicted molar refractivity (Wildman–Crippen MR) is 93.0 cm³/mol.